The summed E-state index contributed by atoms with van der Waals surface area (Å²) in [4.78, 5) is 15.8. The van der Waals surface area contributed by atoms with E-state index in [1.54, 1.807) is 23.8 Å². The Morgan fingerprint density at radius 1 is 1.38 bits per heavy atom. The molecule has 6 nitrogen and oxygen atoms in total. The molecule has 24 heavy (non-hydrogen) atoms. The van der Waals surface area contributed by atoms with Crippen LogP contribution in [0.4, 0.5) is 4.39 Å². The second-order valence-electron chi connectivity index (χ2n) is 4.91. The molecule has 0 atom stereocenters. The molecule has 0 amide bonds. The summed E-state index contributed by atoms with van der Waals surface area (Å²) in [7, 11) is 0. The van der Waals surface area contributed by atoms with Gasteiger partial charge in [0.25, 0.3) is 0 Å². The van der Waals surface area contributed by atoms with Crippen molar-refractivity contribution in [3.8, 4) is 17.5 Å². The number of hydrogen-bond donors (Lipinski definition) is 1. The first kappa shape index (κ1) is 15.5. The molecule has 0 saturated heterocycles. The molecule has 0 saturated carbocycles. The third-order valence-electron chi connectivity index (χ3n) is 3.49. The summed E-state index contributed by atoms with van der Waals surface area (Å²) in [5, 5.41) is 20.0. The number of aromatic nitrogens is 2. The monoisotopic (exact) mass is 325 g/mol. The molecular weight excluding hydrogens is 313 g/mol. The maximum absolute atomic E-state index is 13.1. The quantitative estimate of drug-likeness (QED) is 0.748. The molecule has 120 valence electrons. The SMILES string of the molecule is CCOC(=O)c1nc(C#N)c2c(ccn2-c2ccc(F)cc2)c1O. The molecule has 0 bridgehead atoms. The van der Waals surface area contributed by atoms with E-state index in [0.29, 0.717) is 11.2 Å². The van der Waals surface area contributed by atoms with Crippen molar-refractivity contribution in [3.05, 3.63) is 53.7 Å². The van der Waals surface area contributed by atoms with Crippen LogP contribution in [-0.4, -0.2) is 27.2 Å². The third kappa shape index (κ3) is 2.44. The molecule has 1 aromatic carbocycles. The van der Waals surface area contributed by atoms with Crippen molar-refractivity contribution < 1.29 is 19.0 Å². The number of fused-ring (bicyclic) bond motifs is 1. The van der Waals surface area contributed by atoms with Crippen LogP contribution in [0.3, 0.4) is 0 Å². The number of esters is 1. The van der Waals surface area contributed by atoms with Gasteiger partial charge in [-0.2, -0.15) is 5.26 Å². The van der Waals surface area contributed by atoms with Gasteiger partial charge in [-0.3, -0.25) is 0 Å². The molecule has 1 N–H and O–H groups in total. The van der Waals surface area contributed by atoms with Gasteiger partial charge in [0.05, 0.1) is 12.1 Å². The highest BCUT2D eigenvalue weighted by Gasteiger charge is 2.22. The van der Waals surface area contributed by atoms with Gasteiger partial charge in [-0.1, -0.05) is 0 Å². The fraction of sp³-hybridized carbons (Fsp3) is 0.118. The lowest BCUT2D eigenvalue weighted by Crippen LogP contribution is -2.09. The Bertz CT molecular complexity index is 971. The topological polar surface area (TPSA) is 88.1 Å². The highest BCUT2D eigenvalue weighted by Crippen LogP contribution is 2.32. The number of carbonyl (C=O) groups excluding carboxylic acids is 1. The zero-order valence-corrected chi connectivity index (χ0v) is 12.7. The number of nitriles is 1. The van der Waals surface area contributed by atoms with Crippen LogP contribution in [0.25, 0.3) is 16.6 Å². The van der Waals surface area contributed by atoms with E-state index in [2.05, 4.69) is 4.98 Å². The Morgan fingerprint density at radius 3 is 2.71 bits per heavy atom. The predicted molar refractivity (Wildman–Crippen MR) is 83.4 cm³/mol. The van der Waals surface area contributed by atoms with E-state index in [1.807, 2.05) is 6.07 Å². The minimum absolute atomic E-state index is 0.0415. The number of halogens is 1. The molecule has 0 aliphatic carbocycles. The number of nitrogens with zero attached hydrogens (tertiary/aromatic N) is 3. The highest BCUT2D eigenvalue weighted by molar-refractivity contribution is 6.00. The number of ether oxygens (including phenoxy) is 1. The van der Waals surface area contributed by atoms with Crippen molar-refractivity contribution in [2.45, 2.75) is 6.92 Å². The molecule has 0 aliphatic rings. The third-order valence-corrected chi connectivity index (χ3v) is 3.49. The smallest absolute Gasteiger partial charge is 0.360 e. The van der Waals surface area contributed by atoms with E-state index in [1.165, 1.54) is 24.3 Å². The molecule has 0 unspecified atom stereocenters. The maximum Gasteiger partial charge on any atom is 0.360 e. The standard InChI is InChI=1S/C17H12FN3O3/c1-2-24-17(23)14-16(22)12-7-8-21(15(12)13(9-19)20-14)11-5-3-10(18)4-6-11/h3-8,22H,2H2,1H3. The Labute approximate surface area is 136 Å². The number of benzene rings is 1. The van der Waals surface area contributed by atoms with Gasteiger partial charge in [0.15, 0.2) is 17.1 Å². The number of hydrogen-bond acceptors (Lipinski definition) is 5. The predicted octanol–water partition coefficient (Wildman–Crippen LogP) is 2.92. The minimum atomic E-state index is -0.803. The Kier molecular flexibility index (Phi) is 3.88. The molecule has 7 heteroatoms. The van der Waals surface area contributed by atoms with Gasteiger partial charge in [0.1, 0.15) is 11.9 Å². The lowest BCUT2D eigenvalue weighted by atomic mass is 10.2. The molecular formula is C17H12FN3O3. The zero-order chi connectivity index (χ0) is 17.3. The molecule has 3 aromatic rings. The Hall–Kier alpha value is -3.40. The Balaban J connectivity index is 2.26. The van der Waals surface area contributed by atoms with Gasteiger partial charge in [0, 0.05) is 17.3 Å². The fourth-order valence-corrected chi connectivity index (χ4v) is 2.45. The van der Waals surface area contributed by atoms with Crippen LogP contribution in [0, 0.1) is 17.1 Å². The molecule has 3 rings (SSSR count). The maximum atomic E-state index is 13.1. The summed E-state index contributed by atoms with van der Waals surface area (Å²) in [6.07, 6.45) is 1.61. The van der Waals surface area contributed by atoms with Crippen LogP contribution in [-0.2, 0) is 4.74 Å². The molecule has 0 radical (unpaired) electrons. The summed E-state index contributed by atoms with van der Waals surface area (Å²) in [6, 6.07) is 9.11. The van der Waals surface area contributed by atoms with Crippen molar-refractivity contribution in [2.24, 2.45) is 0 Å². The molecule has 0 aliphatic heterocycles. The first-order chi connectivity index (χ1) is 11.6. The van der Waals surface area contributed by atoms with Crippen molar-refractivity contribution in [3.63, 3.8) is 0 Å². The van der Waals surface area contributed by atoms with E-state index < -0.39 is 5.97 Å². The van der Waals surface area contributed by atoms with Crippen LogP contribution < -0.4 is 0 Å². The van der Waals surface area contributed by atoms with E-state index in [9.17, 15) is 19.6 Å². The van der Waals surface area contributed by atoms with Crippen molar-refractivity contribution >= 4 is 16.9 Å². The van der Waals surface area contributed by atoms with Crippen LogP contribution in [0.15, 0.2) is 36.5 Å². The average Bonchev–Trinajstić information content (AvgIpc) is 3.02. The van der Waals surface area contributed by atoms with Crippen LogP contribution in [0.5, 0.6) is 5.75 Å². The molecule has 0 fully saturated rings. The first-order valence-electron chi connectivity index (χ1n) is 7.14. The average molecular weight is 325 g/mol. The zero-order valence-electron chi connectivity index (χ0n) is 12.7. The van der Waals surface area contributed by atoms with E-state index in [4.69, 9.17) is 4.74 Å². The number of aromatic hydroxyl groups is 1. The van der Waals surface area contributed by atoms with E-state index in [0.717, 1.165) is 0 Å². The summed E-state index contributed by atoms with van der Waals surface area (Å²) >= 11 is 0. The largest absolute Gasteiger partial charge is 0.505 e. The van der Waals surface area contributed by atoms with Gasteiger partial charge in [0.2, 0.25) is 0 Å². The van der Waals surface area contributed by atoms with E-state index in [-0.39, 0.29) is 34.9 Å². The van der Waals surface area contributed by atoms with Crippen molar-refractivity contribution in [1.29, 1.82) is 5.26 Å². The summed E-state index contributed by atoms with van der Waals surface area (Å²) in [5.74, 6) is -1.55. The van der Waals surface area contributed by atoms with Crippen LogP contribution in [0.1, 0.15) is 23.1 Å². The summed E-state index contributed by atoms with van der Waals surface area (Å²) < 4.78 is 19.5. The minimum Gasteiger partial charge on any atom is -0.505 e. The second-order valence-corrected chi connectivity index (χ2v) is 4.91. The van der Waals surface area contributed by atoms with Crippen LogP contribution in [0.2, 0.25) is 0 Å². The summed E-state index contributed by atoms with van der Waals surface area (Å²) in [5.41, 5.74) is 0.570. The molecule has 2 heterocycles. The Morgan fingerprint density at radius 2 is 2.08 bits per heavy atom. The second kappa shape index (κ2) is 6.01. The fourth-order valence-electron chi connectivity index (χ4n) is 2.45. The highest BCUT2D eigenvalue weighted by atomic mass is 19.1. The molecule has 2 aromatic heterocycles. The van der Waals surface area contributed by atoms with Gasteiger partial charge in [-0.15, -0.1) is 0 Å². The van der Waals surface area contributed by atoms with Gasteiger partial charge in [-0.25, -0.2) is 14.2 Å². The summed E-state index contributed by atoms with van der Waals surface area (Å²) in [6.45, 7) is 1.75. The number of pyridine rings is 1. The normalized spacial score (nSPS) is 10.5. The first-order valence-corrected chi connectivity index (χ1v) is 7.14. The van der Waals surface area contributed by atoms with Crippen molar-refractivity contribution in [2.75, 3.05) is 6.61 Å². The van der Waals surface area contributed by atoms with Gasteiger partial charge in [-0.05, 0) is 37.3 Å². The van der Waals surface area contributed by atoms with Gasteiger partial charge < -0.3 is 14.4 Å². The van der Waals surface area contributed by atoms with Gasteiger partial charge >= 0.3 is 5.97 Å². The lowest BCUT2D eigenvalue weighted by molar-refractivity contribution is 0.0516. The van der Waals surface area contributed by atoms with E-state index >= 15 is 0 Å². The van der Waals surface area contributed by atoms with Crippen molar-refractivity contribution in [1.82, 2.24) is 9.55 Å². The number of rotatable bonds is 3. The molecule has 0 spiro atoms. The van der Waals surface area contributed by atoms with Crippen LogP contribution >= 0.6 is 0 Å². The lowest BCUT2D eigenvalue weighted by Gasteiger charge is -2.09. The number of carbonyl (C=O) groups is 1.